The average molecular weight is 255 g/mol. The molecule has 1 rings (SSSR count). The Bertz CT molecular complexity index is 424. The van der Waals surface area contributed by atoms with Crippen LogP contribution in [0.5, 0.6) is 0 Å². The van der Waals surface area contributed by atoms with Crippen LogP contribution in [0, 0.1) is 5.41 Å². The molecule has 17 heavy (non-hydrogen) atoms. The Morgan fingerprint density at radius 3 is 2.53 bits per heavy atom. The summed E-state index contributed by atoms with van der Waals surface area (Å²) in [6, 6.07) is 4.94. The highest BCUT2D eigenvalue weighted by molar-refractivity contribution is 6.31. The fourth-order valence-corrected chi connectivity index (χ4v) is 1.39. The Balaban J connectivity index is 2.87. The minimum atomic E-state index is -0.188. The average Bonchev–Trinajstić information content (AvgIpc) is 2.20. The highest BCUT2D eigenvalue weighted by atomic mass is 35.5. The molecule has 1 aromatic carbocycles. The highest BCUT2D eigenvalue weighted by Crippen LogP contribution is 2.21. The van der Waals surface area contributed by atoms with Crippen LogP contribution in [-0.2, 0) is 0 Å². The summed E-state index contributed by atoms with van der Waals surface area (Å²) in [5.74, 6) is -0.188. The number of hydrogen-bond donors (Lipinski definition) is 2. The summed E-state index contributed by atoms with van der Waals surface area (Å²) < 4.78 is 0. The predicted molar refractivity (Wildman–Crippen MR) is 72.2 cm³/mol. The van der Waals surface area contributed by atoms with Crippen molar-refractivity contribution < 1.29 is 4.79 Å². The van der Waals surface area contributed by atoms with Crippen LogP contribution in [-0.4, -0.2) is 11.9 Å². The van der Waals surface area contributed by atoms with E-state index >= 15 is 0 Å². The van der Waals surface area contributed by atoms with Gasteiger partial charge < -0.3 is 11.1 Å². The Labute approximate surface area is 107 Å². The number of nitrogen functional groups attached to an aromatic ring is 1. The van der Waals surface area contributed by atoms with Gasteiger partial charge in [-0.15, -0.1) is 0 Å². The molecule has 0 aliphatic carbocycles. The summed E-state index contributed by atoms with van der Waals surface area (Å²) in [6.45, 7) is 8.18. The van der Waals surface area contributed by atoms with Crippen molar-refractivity contribution in [3.63, 3.8) is 0 Å². The number of carbonyl (C=O) groups is 1. The second kappa shape index (κ2) is 4.96. The van der Waals surface area contributed by atoms with Gasteiger partial charge in [-0.25, -0.2) is 0 Å². The molecule has 94 valence electrons. The maximum atomic E-state index is 12.0. The van der Waals surface area contributed by atoms with E-state index in [1.165, 1.54) is 0 Å². The summed E-state index contributed by atoms with van der Waals surface area (Å²) in [5.41, 5.74) is 6.62. The minimum absolute atomic E-state index is 0.00297. The zero-order valence-electron chi connectivity index (χ0n) is 10.7. The smallest absolute Gasteiger partial charge is 0.253 e. The number of nitrogens with two attached hydrogens (primary N) is 1. The molecule has 0 fully saturated rings. The topological polar surface area (TPSA) is 55.1 Å². The van der Waals surface area contributed by atoms with Gasteiger partial charge in [0.25, 0.3) is 5.91 Å². The summed E-state index contributed by atoms with van der Waals surface area (Å²) in [6.07, 6.45) is 0. The van der Waals surface area contributed by atoms with Gasteiger partial charge in [-0.05, 0) is 30.5 Å². The lowest BCUT2D eigenvalue weighted by Crippen LogP contribution is -2.41. The van der Waals surface area contributed by atoms with Crippen molar-refractivity contribution in [2.75, 3.05) is 5.73 Å². The van der Waals surface area contributed by atoms with Gasteiger partial charge in [0.15, 0.2) is 0 Å². The second-order valence-corrected chi connectivity index (χ2v) is 5.73. The van der Waals surface area contributed by atoms with Crippen molar-refractivity contribution in [2.45, 2.75) is 33.7 Å². The lowest BCUT2D eigenvalue weighted by molar-refractivity contribution is 0.0911. The summed E-state index contributed by atoms with van der Waals surface area (Å²) in [4.78, 5) is 12.0. The molecule has 4 heteroatoms. The first-order valence-corrected chi connectivity index (χ1v) is 5.95. The lowest BCUT2D eigenvalue weighted by Gasteiger charge is -2.28. The van der Waals surface area contributed by atoms with Gasteiger partial charge in [0, 0.05) is 16.8 Å². The first kappa shape index (κ1) is 13.8. The molecule has 3 N–H and O–H groups in total. The fraction of sp³-hybridized carbons (Fsp3) is 0.462. The molecule has 0 spiro atoms. The van der Waals surface area contributed by atoms with E-state index in [0.29, 0.717) is 16.3 Å². The normalized spacial score (nSPS) is 13.2. The van der Waals surface area contributed by atoms with E-state index in [9.17, 15) is 4.79 Å². The van der Waals surface area contributed by atoms with E-state index < -0.39 is 0 Å². The van der Waals surface area contributed by atoms with Crippen LogP contribution in [0.25, 0.3) is 0 Å². The zero-order chi connectivity index (χ0) is 13.2. The van der Waals surface area contributed by atoms with Crippen LogP contribution in [0.4, 0.5) is 5.69 Å². The van der Waals surface area contributed by atoms with Crippen molar-refractivity contribution in [3.8, 4) is 0 Å². The number of amides is 1. The molecule has 1 atom stereocenters. The molecular weight excluding hydrogens is 236 g/mol. The molecule has 1 amide bonds. The molecule has 0 aliphatic rings. The Kier molecular flexibility index (Phi) is 4.04. The van der Waals surface area contributed by atoms with E-state index in [1.807, 2.05) is 6.92 Å². The van der Waals surface area contributed by atoms with Gasteiger partial charge in [-0.3, -0.25) is 4.79 Å². The third-order valence-corrected chi connectivity index (χ3v) is 3.14. The Morgan fingerprint density at radius 1 is 1.41 bits per heavy atom. The monoisotopic (exact) mass is 254 g/mol. The van der Waals surface area contributed by atoms with Crippen LogP contribution < -0.4 is 11.1 Å². The summed E-state index contributed by atoms with van der Waals surface area (Å²) in [7, 11) is 0. The Hall–Kier alpha value is -1.22. The third kappa shape index (κ3) is 3.63. The van der Waals surface area contributed by atoms with Crippen molar-refractivity contribution >= 4 is 23.2 Å². The van der Waals surface area contributed by atoms with E-state index in [0.717, 1.165) is 0 Å². The first-order valence-electron chi connectivity index (χ1n) is 5.57. The lowest BCUT2D eigenvalue weighted by atomic mass is 9.88. The quantitative estimate of drug-likeness (QED) is 0.797. The van der Waals surface area contributed by atoms with E-state index in [-0.39, 0.29) is 17.4 Å². The SMILES string of the molecule is CC(NC(=O)c1cc(Cl)ccc1N)C(C)(C)C. The molecular formula is C13H19ClN2O. The Morgan fingerprint density at radius 2 is 2.00 bits per heavy atom. The molecule has 0 saturated heterocycles. The number of benzene rings is 1. The largest absolute Gasteiger partial charge is 0.398 e. The van der Waals surface area contributed by atoms with Crippen LogP contribution in [0.3, 0.4) is 0 Å². The zero-order valence-corrected chi connectivity index (χ0v) is 11.4. The standard InChI is InChI=1S/C13H19ClN2O/c1-8(13(2,3)4)16-12(17)10-7-9(14)5-6-11(10)15/h5-8H,15H2,1-4H3,(H,16,17). The fourth-order valence-electron chi connectivity index (χ4n) is 1.22. The van der Waals surface area contributed by atoms with E-state index in [2.05, 4.69) is 26.1 Å². The van der Waals surface area contributed by atoms with E-state index in [1.54, 1.807) is 18.2 Å². The summed E-state index contributed by atoms with van der Waals surface area (Å²) in [5, 5.41) is 3.43. The van der Waals surface area contributed by atoms with Gasteiger partial charge in [-0.1, -0.05) is 32.4 Å². The molecule has 0 aromatic heterocycles. The minimum Gasteiger partial charge on any atom is -0.398 e. The van der Waals surface area contributed by atoms with Crippen LogP contribution in [0.15, 0.2) is 18.2 Å². The van der Waals surface area contributed by atoms with Gasteiger partial charge in [-0.2, -0.15) is 0 Å². The van der Waals surface area contributed by atoms with Crippen molar-refractivity contribution in [3.05, 3.63) is 28.8 Å². The number of hydrogen-bond acceptors (Lipinski definition) is 2. The highest BCUT2D eigenvalue weighted by Gasteiger charge is 2.22. The predicted octanol–water partition coefficient (Wildman–Crippen LogP) is 3.09. The van der Waals surface area contributed by atoms with Crippen LogP contribution >= 0.6 is 11.6 Å². The maximum Gasteiger partial charge on any atom is 0.253 e. The molecule has 0 bridgehead atoms. The van der Waals surface area contributed by atoms with Crippen molar-refractivity contribution in [1.82, 2.24) is 5.32 Å². The number of rotatable bonds is 2. The van der Waals surface area contributed by atoms with Crippen LogP contribution in [0.1, 0.15) is 38.1 Å². The number of nitrogens with one attached hydrogen (secondary N) is 1. The summed E-state index contributed by atoms with van der Waals surface area (Å²) >= 11 is 5.85. The number of carbonyl (C=O) groups excluding carboxylic acids is 1. The number of anilines is 1. The first-order chi connectivity index (χ1) is 7.71. The molecule has 0 aliphatic heterocycles. The van der Waals surface area contributed by atoms with Crippen LogP contribution in [0.2, 0.25) is 5.02 Å². The van der Waals surface area contributed by atoms with Crippen molar-refractivity contribution in [1.29, 1.82) is 0 Å². The van der Waals surface area contributed by atoms with Gasteiger partial charge in [0.05, 0.1) is 5.56 Å². The molecule has 3 nitrogen and oxygen atoms in total. The molecule has 0 heterocycles. The van der Waals surface area contributed by atoms with E-state index in [4.69, 9.17) is 17.3 Å². The van der Waals surface area contributed by atoms with Gasteiger partial charge in [0.2, 0.25) is 0 Å². The second-order valence-electron chi connectivity index (χ2n) is 5.29. The molecule has 1 aromatic rings. The molecule has 1 unspecified atom stereocenters. The third-order valence-electron chi connectivity index (χ3n) is 2.91. The molecule has 0 radical (unpaired) electrons. The van der Waals surface area contributed by atoms with Gasteiger partial charge in [0.1, 0.15) is 0 Å². The molecule has 0 saturated carbocycles. The maximum absolute atomic E-state index is 12.0. The van der Waals surface area contributed by atoms with Crippen molar-refractivity contribution in [2.24, 2.45) is 5.41 Å². The van der Waals surface area contributed by atoms with Gasteiger partial charge >= 0.3 is 0 Å². The number of halogens is 1.